The Hall–Kier alpha value is -2.97. The lowest BCUT2D eigenvalue weighted by molar-refractivity contribution is -0.172. The lowest BCUT2D eigenvalue weighted by atomic mass is 9.86. The molecule has 8 heteroatoms. The topological polar surface area (TPSA) is 102 Å². The van der Waals surface area contributed by atoms with Gasteiger partial charge in [0.05, 0.1) is 37.8 Å². The number of phenols is 1. The monoisotopic (exact) mass is 421 g/mol. The van der Waals surface area contributed by atoms with Gasteiger partial charge in [0.15, 0.2) is 5.60 Å². The molecule has 2 aliphatic rings. The zero-order chi connectivity index (χ0) is 21.4. The fourth-order valence-corrected chi connectivity index (χ4v) is 6.18. The van der Waals surface area contributed by atoms with Gasteiger partial charge in [-0.05, 0) is 41.4 Å². The number of aromatic nitrogens is 2. The standard InChI is InChI=1S/C22H21N2O5Si/c1-4-22(28)15-8-17-18-13(9-24(17)20(26)14(15)10-29-21(22)27)19(30(2)3)12-7-11(25)5-6-16(12)23-18/h5-8,25,28H,4,9-10H2,1-3H3/t22-/m0/s1. The van der Waals surface area contributed by atoms with Crippen LogP contribution < -0.4 is 10.7 Å². The molecule has 2 aromatic heterocycles. The summed E-state index contributed by atoms with van der Waals surface area (Å²) in [6.45, 7) is 6.26. The first-order chi connectivity index (χ1) is 14.3. The summed E-state index contributed by atoms with van der Waals surface area (Å²) < 4.78 is 6.78. The second kappa shape index (κ2) is 6.26. The van der Waals surface area contributed by atoms with E-state index in [2.05, 4.69) is 13.1 Å². The quantitative estimate of drug-likeness (QED) is 0.378. The summed E-state index contributed by atoms with van der Waals surface area (Å²) in [6, 6.07) is 6.84. The van der Waals surface area contributed by atoms with E-state index in [-0.39, 0.29) is 24.3 Å². The molecule has 0 aliphatic carbocycles. The minimum absolute atomic E-state index is 0.112. The number of phenolic OH excluding ortho intramolecular Hbond substituents is 1. The van der Waals surface area contributed by atoms with E-state index in [0.717, 1.165) is 21.7 Å². The van der Waals surface area contributed by atoms with E-state index in [4.69, 9.17) is 9.72 Å². The van der Waals surface area contributed by atoms with Gasteiger partial charge in [-0.25, -0.2) is 9.78 Å². The molecule has 0 fully saturated rings. The van der Waals surface area contributed by atoms with Crippen LogP contribution in [0.1, 0.15) is 30.0 Å². The second-order valence-corrected chi connectivity index (χ2v) is 10.6. The number of rotatable bonds is 2. The molecule has 3 aromatic rings. The van der Waals surface area contributed by atoms with Crippen LogP contribution in [-0.4, -0.2) is 34.5 Å². The lowest BCUT2D eigenvalue weighted by Crippen LogP contribution is -2.44. The number of carbonyl (C=O) groups is 1. The summed E-state index contributed by atoms with van der Waals surface area (Å²) in [5.41, 5.74) is 1.56. The van der Waals surface area contributed by atoms with Gasteiger partial charge in [-0.3, -0.25) is 4.79 Å². The molecule has 0 bridgehead atoms. The number of fused-ring (bicyclic) bond motifs is 5. The normalized spacial score (nSPS) is 19.6. The van der Waals surface area contributed by atoms with E-state index in [9.17, 15) is 19.8 Å². The number of hydrogen-bond acceptors (Lipinski definition) is 6. The van der Waals surface area contributed by atoms with Gasteiger partial charge in [0.2, 0.25) is 0 Å². The van der Waals surface area contributed by atoms with Gasteiger partial charge in [-0.15, -0.1) is 0 Å². The highest BCUT2D eigenvalue weighted by Crippen LogP contribution is 2.38. The van der Waals surface area contributed by atoms with Crippen LogP contribution in [0.5, 0.6) is 5.75 Å². The molecule has 30 heavy (non-hydrogen) atoms. The maximum Gasteiger partial charge on any atom is 0.343 e. The van der Waals surface area contributed by atoms with Gasteiger partial charge >= 0.3 is 5.97 Å². The minimum Gasteiger partial charge on any atom is -0.508 e. The average Bonchev–Trinajstić information content (AvgIpc) is 3.07. The Labute approximate surface area is 174 Å². The second-order valence-electron chi connectivity index (χ2n) is 8.12. The molecule has 1 radical (unpaired) electrons. The molecule has 0 amide bonds. The SMILES string of the molecule is CC[C@@]1(O)C(=O)OCc2c1cc1n(c2=O)Cc2c-1nc1ccc(O)cc1c2[Si](C)C. The predicted octanol–water partition coefficient (Wildman–Crippen LogP) is 1.75. The van der Waals surface area contributed by atoms with Crippen molar-refractivity contribution >= 4 is 30.9 Å². The number of cyclic esters (lactones) is 1. The maximum absolute atomic E-state index is 13.3. The third-order valence-electron chi connectivity index (χ3n) is 6.17. The van der Waals surface area contributed by atoms with Crippen molar-refractivity contribution in [3.8, 4) is 17.1 Å². The molecule has 0 saturated heterocycles. The number of benzene rings is 1. The van der Waals surface area contributed by atoms with E-state index < -0.39 is 20.4 Å². The smallest absolute Gasteiger partial charge is 0.343 e. The number of pyridine rings is 2. The molecule has 0 unspecified atom stereocenters. The van der Waals surface area contributed by atoms with Crippen molar-refractivity contribution < 1.29 is 19.7 Å². The number of aromatic hydroxyl groups is 1. The highest BCUT2D eigenvalue weighted by molar-refractivity contribution is 6.73. The van der Waals surface area contributed by atoms with Crippen molar-refractivity contribution in [3.63, 3.8) is 0 Å². The van der Waals surface area contributed by atoms with E-state index >= 15 is 0 Å². The number of hydrogen-bond donors (Lipinski definition) is 2. The molecular weight excluding hydrogens is 400 g/mol. The Morgan fingerprint density at radius 1 is 1.23 bits per heavy atom. The number of aliphatic hydroxyl groups is 1. The fourth-order valence-electron chi connectivity index (χ4n) is 4.64. The third-order valence-corrected chi connectivity index (χ3v) is 7.74. The van der Waals surface area contributed by atoms with Crippen molar-refractivity contribution in [2.45, 2.75) is 45.2 Å². The predicted molar refractivity (Wildman–Crippen MR) is 113 cm³/mol. The summed E-state index contributed by atoms with van der Waals surface area (Å²) in [6.07, 6.45) is 0.112. The zero-order valence-electron chi connectivity index (χ0n) is 16.9. The van der Waals surface area contributed by atoms with Crippen LogP contribution in [0.15, 0.2) is 29.1 Å². The van der Waals surface area contributed by atoms with Gasteiger partial charge in [0, 0.05) is 10.9 Å². The summed E-state index contributed by atoms with van der Waals surface area (Å²) in [5, 5.41) is 23.0. The van der Waals surface area contributed by atoms with Crippen molar-refractivity contribution in [3.05, 3.63) is 51.3 Å². The Balaban J connectivity index is 1.85. The summed E-state index contributed by atoms with van der Waals surface area (Å²) in [5.74, 6) is -0.545. The summed E-state index contributed by atoms with van der Waals surface area (Å²) >= 11 is 0. The van der Waals surface area contributed by atoms with E-state index in [0.29, 0.717) is 29.1 Å². The van der Waals surface area contributed by atoms with Crippen LogP contribution in [-0.2, 0) is 28.3 Å². The van der Waals surface area contributed by atoms with Gasteiger partial charge in [-0.2, -0.15) is 0 Å². The van der Waals surface area contributed by atoms with Crippen molar-refractivity contribution in [1.29, 1.82) is 0 Å². The first-order valence-electron chi connectivity index (χ1n) is 9.89. The highest BCUT2D eigenvalue weighted by atomic mass is 28.3. The molecule has 0 saturated carbocycles. The number of carbonyl (C=O) groups excluding carboxylic acids is 1. The van der Waals surface area contributed by atoms with Gasteiger partial charge in [0.1, 0.15) is 12.4 Å². The molecule has 1 atom stereocenters. The fraction of sp³-hybridized carbons (Fsp3) is 0.318. The van der Waals surface area contributed by atoms with E-state index in [1.54, 1.807) is 35.8 Å². The molecule has 2 N–H and O–H groups in total. The Morgan fingerprint density at radius 2 is 2.00 bits per heavy atom. The third kappa shape index (κ3) is 2.37. The Morgan fingerprint density at radius 3 is 2.70 bits per heavy atom. The first kappa shape index (κ1) is 19.0. The van der Waals surface area contributed by atoms with E-state index in [1.807, 2.05) is 0 Å². The molecule has 2 aliphatic heterocycles. The van der Waals surface area contributed by atoms with E-state index in [1.165, 1.54) is 0 Å². The number of ether oxygens (including phenoxy) is 1. The zero-order valence-corrected chi connectivity index (χ0v) is 17.9. The first-order valence-corrected chi connectivity index (χ1v) is 12.4. The molecule has 153 valence electrons. The molecule has 1 aromatic carbocycles. The Kier molecular flexibility index (Phi) is 3.97. The van der Waals surface area contributed by atoms with Crippen LogP contribution in [0.2, 0.25) is 13.1 Å². The molecule has 4 heterocycles. The molecular formula is C22H21N2O5Si. The lowest BCUT2D eigenvalue weighted by Gasteiger charge is -2.31. The van der Waals surface area contributed by atoms with Crippen molar-refractivity contribution in [2.24, 2.45) is 0 Å². The molecule has 7 nitrogen and oxygen atoms in total. The van der Waals surface area contributed by atoms with Gasteiger partial charge in [0.25, 0.3) is 5.56 Å². The number of nitrogens with zero attached hydrogens (tertiary/aromatic N) is 2. The maximum atomic E-state index is 13.3. The summed E-state index contributed by atoms with van der Waals surface area (Å²) in [4.78, 5) is 30.4. The van der Waals surface area contributed by atoms with Crippen LogP contribution in [0, 0.1) is 0 Å². The summed E-state index contributed by atoms with van der Waals surface area (Å²) in [7, 11) is -0.956. The average molecular weight is 422 g/mol. The van der Waals surface area contributed by atoms with Crippen LogP contribution >= 0.6 is 0 Å². The van der Waals surface area contributed by atoms with Crippen LogP contribution in [0.3, 0.4) is 0 Å². The largest absolute Gasteiger partial charge is 0.508 e. The van der Waals surface area contributed by atoms with Crippen molar-refractivity contribution in [1.82, 2.24) is 9.55 Å². The van der Waals surface area contributed by atoms with Gasteiger partial charge < -0.3 is 19.5 Å². The Bertz CT molecular complexity index is 1310. The van der Waals surface area contributed by atoms with Crippen LogP contribution in [0.25, 0.3) is 22.3 Å². The molecule has 0 spiro atoms. The van der Waals surface area contributed by atoms with Crippen molar-refractivity contribution in [2.75, 3.05) is 0 Å². The minimum atomic E-state index is -1.83. The number of esters is 1. The van der Waals surface area contributed by atoms with Crippen LogP contribution in [0.4, 0.5) is 0 Å². The van der Waals surface area contributed by atoms with Gasteiger partial charge in [-0.1, -0.05) is 20.0 Å². The highest BCUT2D eigenvalue weighted by Gasteiger charge is 2.45. The molecule has 5 rings (SSSR count).